The van der Waals surface area contributed by atoms with E-state index in [0.29, 0.717) is 6.42 Å². The zero-order chi connectivity index (χ0) is 11.4. The van der Waals surface area contributed by atoms with E-state index in [1.807, 2.05) is 24.5 Å². The zero-order valence-electron chi connectivity index (χ0n) is 9.43. The van der Waals surface area contributed by atoms with Gasteiger partial charge in [-0.15, -0.1) is 0 Å². The first-order valence-corrected chi connectivity index (χ1v) is 5.50. The molecule has 0 aliphatic rings. The second kappa shape index (κ2) is 4.79. The van der Waals surface area contributed by atoms with Gasteiger partial charge in [0.2, 0.25) is 0 Å². The van der Waals surface area contributed by atoms with Crippen molar-refractivity contribution in [2.75, 3.05) is 5.73 Å². The molecule has 4 nitrogen and oxygen atoms in total. The number of nitrogen functional groups attached to an aromatic ring is 1. The largest absolute Gasteiger partial charge is 0.397 e. The minimum Gasteiger partial charge on any atom is -0.397 e. The Morgan fingerprint density at radius 1 is 1.31 bits per heavy atom. The summed E-state index contributed by atoms with van der Waals surface area (Å²) in [5.74, 6) is 1.02. The smallest absolute Gasteiger partial charge is 0.114 e. The summed E-state index contributed by atoms with van der Waals surface area (Å²) in [7, 11) is 0. The van der Waals surface area contributed by atoms with Gasteiger partial charge in [-0.2, -0.15) is 0 Å². The number of nitrogens with two attached hydrogens (primary N) is 1. The van der Waals surface area contributed by atoms with Crippen LogP contribution >= 0.6 is 0 Å². The van der Waals surface area contributed by atoms with E-state index >= 15 is 0 Å². The predicted octanol–water partition coefficient (Wildman–Crippen LogP) is 1.86. The average molecular weight is 216 g/mol. The van der Waals surface area contributed by atoms with Gasteiger partial charge in [0.15, 0.2) is 0 Å². The van der Waals surface area contributed by atoms with Gasteiger partial charge in [0.1, 0.15) is 5.82 Å². The van der Waals surface area contributed by atoms with Crippen LogP contribution in [0.5, 0.6) is 0 Å². The number of aryl methyl sites for hydroxylation is 1. The molecular formula is C12H16N4. The minimum absolute atomic E-state index is 0.694. The van der Waals surface area contributed by atoms with Gasteiger partial charge in [-0.25, -0.2) is 4.98 Å². The highest BCUT2D eigenvalue weighted by Gasteiger charge is 2.06. The molecule has 0 saturated heterocycles. The standard InChI is InChI=1S/C12H16N4/c1-2-7-16-8-6-15-12(16)9-11-10(13)4-3-5-14-11/h3-6,8H,2,7,9,13H2,1H3. The molecular weight excluding hydrogens is 200 g/mol. The van der Waals surface area contributed by atoms with Crippen molar-refractivity contribution in [3.05, 3.63) is 42.2 Å². The first kappa shape index (κ1) is 10.7. The monoisotopic (exact) mass is 216 g/mol. The highest BCUT2D eigenvalue weighted by Crippen LogP contribution is 2.12. The van der Waals surface area contributed by atoms with Crippen LogP contribution in [0.2, 0.25) is 0 Å². The van der Waals surface area contributed by atoms with Crippen LogP contribution in [0, 0.1) is 0 Å². The lowest BCUT2D eigenvalue weighted by atomic mass is 10.2. The number of rotatable bonds is 4. The molecule has 84 valence electrons. The van der Waals surface area contributed by atoms with E-state index in [0.717, 1.165) is 30.2 Å². The van der Waals surface area contributed by atoms with Gasteiger partial charge >= 0.3 is 0 Å². The van der Waals surface area contributed by atoms with E-state index in [2.05, 4.69) is 21.5 Å². The van der Waals surface area contributed by atoms with Crippen LogP contribution in [0.25, 0.3) is 0 Å². The Balaban J connectivity index is 2.20. The maximum Gasteiger partial charge on any atom is 0.114 e. The van der Waals surface area contributed by atoms with Crippen molar-refractivity contribution in [2.24, 2.45) is 0 Å². The number of anilines is 1. The SMILES string of the molecule is CCCn1ccnc1Cc1ncccc1N. The Kier molecular flexibility index (Phi) is 3.19. The fourth-order valence-electron chi connectivity index (χ4n) is 1.70. The number of imidazole rings is 1. The molecule has 2 heterocycles. The summed E-state index contributed by atoms with van der Waals surface area (Å²) >= 11 is 0. The van der Waals surface area contributed by atoms with Crippen molar-refractivity contribution in [1.29, 1.82) is 0 Å². The molecule has 0 amide bonds. The lowest BCUT2D eigenvalue weighted by Gasteiger charge is -2.07. The van der Waals surface area contributed by atoms with Crippen LogP contribution in [0.4, 0.5) is 5.69 Å². The number of aromatic nitrogens is 3. The number of nitrogens with zero attached hydrogens (tertiary/aromatic N) is 3. The molecule has 2 N–H and O–H groups in total. The highest BCUT2D eigenvalue weighted by atomic mass is 15.1. The molecule has 2 aromatic heterocycles. The van der Waals surface area contributed by atoms with E-state index < -0.39 is 0 Å². The molecule has 0 bridgehead atoms. The number of hydrogen-bond donors (Lipinski definition) is 1. The third-order valence-corrected chi connectivity index (χ3v) is 2.52. The lowest BCUT2D eigenvalue weighted by molar-refractivity contribution is 0.645. The molecule has 0 radical (unpaired) electrons. The topological polar surface area (TPSA) is 56.7 Å². The van der Waals surface area contributed by atoms with Crippen LogP contribution < -0.4 is 5.73 Å². The fraction of sp³-hybridized carbons (Fsp3) is 0.333. The van der Waals surface area contributed by atoms with Crippen molar-refractivity contribution in [1.82, 2.24) is 14.5 Å². The van der Waals surface area contributed by atoms with Crippen LogP contribution in [0.3, 0.4) is 0 Å². The summed E-state index contributed by atoms with van der Waals surface area (Å²) in [4.78, 5) is 8.61. The second-order valence-corrected chi connectivity index (χ2v) is 3.75. The van der Waals surface area contributed by atoms with Crippen molar-refractivity contribution in [2.45, 2.75) is 26.3 Å². The first-order valence-electron chi connectivity index (χ1n) is 5.50. The van der Waals surface area contributed by atoms with Crippen molar-refractivity contribution < 1.29 is 0 Å². The maximum atomic E-state index is 5.86. The summed E-state index contributed by atoms with van der Waals surface area (Å²) in [6, 6.07) is 3.72. The molecule has 0 saturated carbocycles. The van der Waals surface area contributed by atoms with Crippen molar-refractivity contribution >= 4 is 5.69 Å². The fourth-order valence-corrected chi connectivity index (χ4v) is 1.70. The van der Waals surface area contributed by atoms with E-state index in [1.165, 1.54) is 0 Å². The molecule has 0 aliphatic heterocycles. The summed E-state index contributed by atoms with van der Waals surface area (Å²) in [5.41, 5.74) is 7.49. The first-order chi connectivity index (χ1) is 7.81. The molecule has 4 heteroatoms. The van der Waals surface area contributed by atoms with E-state index in [-0.39, 0.29) is 0 Å². The average Bonchev–Trinajstić information content (AvgIpc) is 2.70. The molecule has 16 heavy (non-hydrogen) atoms. The summed E-state index contributed by atoms with van der Waals surface area (Å²) in [6.45, 7) is 3.14. The molecule has 0 fully saturated rings. The Labute approximate surface area is 95.1 Å². The van der Waals surface area contributed by atoms with Gasteiger partial charge in [0, 0.05) is 25.1 Å². The van der Waals surface area contributed by atoms with Gasteiger partial charge in [-0.1, -0.05) is 6.92 Å². The molecule has 0 atom stereocenters. The summed E-state index contributed by atoms with van der Waals surface area (Å²) in [6.07, 6.45) is 7.38. The van der Waals surface area contributed by atoms with Gasteiger partial charge < -0.3 is 10.3 Å². The van der Waals surface area contributed by atoms with Crippen molar-refractivity contribution in [3.8, 4) is 0 Å². The van der Waals surface area contributed by atoms with E-state index in [4.69, 9.17) is 5.73 Å². The van der Waals surface area contributed by atoms with Crippen LogP contribution in [0.1, 0.15) is 24.9 Å². The molecule has 2 aromatic rings. The van der Waals surface area contributed by atoms with Crippen LogP contribution in [-0.2, 0) is 13.0 Å². The second-order valence-electron chi connectivity index (χ2n) is 3.75. The highest BCUT2D eigenvalue weighted by molar-refractivity contribution is 5.43. The third-order valence-electron chi connectivity index (χ3n) is 2.52. The third kappa shape index (κ3) is 2.21. The maximum absolute atomic E-state index is 5.86. The molecule has 2 rings (SSSR count). The Morgan fingerprint density at radius 3 is 2.94 bits per heavy atom. The summed E-state index contributed by atoms with van der Waals surface area (Å²) in [5, 5.41) is 0. The van der Waals surface area contributed by atoms with Gasteiger partial charge in [-0.05, 0) is 18.6 Å². The Morgan fingerprint density at radius 2 is 2.19 bits per heavy atom. The molecule has 0 spiro atoms. The normalized spacial score (nSPS) is 10.6. The summed E-state index contributed by atoms with van der Waals surface area (Å²) < 4.78 is 2.15. The molecule has 0 aliphatic carbocycles. The van der Waals surface area contributed by atoms with Gasteiger partial charge in [0.05, 0.1) is 17.8 Å². The number of hydrogen-bond acceptors (Lipinski definition) is 3. The van der Waals surface area contributed by atoms with E-state index in [9.17, 15) is 0 Å². The minimum atomic E-state index is 0.694. The predicted molar refractivity (Wildman–Crippen MR) is 64.0 cm³/mol. The van der Waals surface area contributed by atoms with Crippen molar-refractivity contribution in [3.63, 3.8) is 0 Å². The quantitative estimate of drug-likeness (QED) is 0.848. The molecule has 0 aromatic carbocycles. The van der Waals surface area contributed by atoms with E-state index in [1.54, 1.807) is 6.20 Å². The lowest BCUT2D eigenvalue weighted by Crippen LogP contribution is -2.06. The Hall–Kier alpha value is -1.84. The molecule has 0 unspecified atom stereocenters. The van der Waals surface area contributed by atoms with Crippen LogP contribution in [-0.4, -0.2) is 14.5 Å². The Bertz CT molecular complexity index is 462. The van der Waals surface area contributed by atoms with Gasteiger partial charge in [0.25, 0.3) is 0 Å². The zero-order valence-corrected chi connectivity index (χ0v) is 9.43. The number of pyridine rings is 1. The van der Waals surface area contributed by atoms with Crippen LogP contribution in [0.15, 0.2) is 30.7 Å². The van der Waals surface area contributed by atoms with Gasteiger partial charge in [-0.3, -0.25) is 4.98 Å².